The second-order valence-corrected chi connectivity index (χ2v) is 7.87. The highest BCUT2D eigenvalue weighted by Gasteiger charge is 2.50. The first kappa shape index (κ1) is 16.3. The second-order valence-electron chi connectivity index (χ2n) is 7.87. The number of nitrogens with zero attached hydrogens (tertiary/aromatic N) is 3. The van der Waals surface area contributed by atoms with E-state index in [9.17, 15) is 0 Å². The van der Waals surface area contributed by atoms with Crippen molar-refractivity contribution in [1.29, 1.82) is 0 Å². The quantitative estimate of drug-likeness (QED) is 0.739. The van der Waals surface area contributed by atoms with E-state index in [-0.39, 0.29) is 5.60 Å². The Morgan fingerprint density at radius 2 is 2.12 bits per heavy atom. The van der Waals surface area contributed by atoms with Crippen molar-refractivity contribution in [3.8, 4) is 0 Å². The van der Waals surface area contributed by atoms with E-state index in [2.05, 4.69) is 25.1 Å². The molecule has 4 aliphatic rings. The zero-order chi connectivity index (χ0) is 16.6. The first-order valence-corrected chi connectivity index (χ1v) is 9.69. The highest BCUT2D eigenvalue weighted by atomic mass is 16.7. The van der Waals surface area contributed by atoms with Gasteiger partial charge in [0.05, 0.1) is 18.9 Å². The molecular formula is C19H30N3O2+. The van der Waals surface area contributed by atoms with Crippen LogP contribution in [0.15, 0.2) is 22.0 Å². The van der Waals surface area contributed by atoms with Gasteiger partial charge in [0.2, 0.25) is 0 Å². The Bertz CT molecular complexity index is 577. The van der Waals surface area contributed by atoms with Gasteiger partial charge in [0.15, 0.2) is 5.70 Å². The van der Waals surface area contributed by atoms with Crippen LogP contribution in [0.25, 0.3) is 0 Å². The lowest BCUT2D eigenvalue weighted by Crippen LogP contribution is -2.54. The van der Waals surface area contributed by atoms with Gasteiger partial charge in [-0.25, -0.2) is 0 Å². The molecule has 5 nitrogen and oxygen atoms in total. The number of hydrogen-bond donors (Lipinski definition) is 0. The highest BCUT2D eigenvalue weighted by molar-refractivity contribution is 6.03. The Hall–Kier alpha value is -1.20. The Kier molecular flexibility index (Phi) is 4.25. The molecule has 0 aromatic heterocycles. The lowest BCUT2D eigenvalue weighted by Gasteiger charge is -2.40. The fraction of sp³-hybridized carbons (Fsp3) is 0.789. The number of quaternary nitrogens is 1. The van der Waals surface area contributed by atoms with E-state index in [0.717, 1.165) is 51.0 Å². The number of rotatable bonds is 3. The van der Waals surface area contributed by atoms with Crippen LogP contribution in [-0.4, -0.2) is 47.4 Å². The maximum absolute atomic E-state index is 6.01. The molecule has 0 radical (unpaired) electrons. The van der Waals surface area contributed by atoms with Crippen molar-refractivity contribution < 1.29 is 14.2 Å². The molecule has 3 atom stereocenters. The summed E-state index contributed by atoms with van der Waals surface area (Å²) in [6, 6.07) is 0.481. The zero-order valence-corrected chi connectivity index (χ0v) is 15.0. The van der Waals surface area contributed by atoms with E-state index in [0.29, 0.717) is 16.7 Å². The molecule has 2 fully saturated rings. The third kappa shape index (κ3) is 2.62. The predicted octanol–water partition coefficient (Wildman–Crippen LogP) is 3.75. The minimum atomic E-state index is -0.0244. The van der Waals surface area contributed by atoms with Crippen LogP contribution in [0.1, 0.15) is 65.2 Å². The lowest BCUT2D eigenvalue weighted by atomic mass is 9.81. The minimum Gasteiger partial charge on any atom is -0.388 e. The summed E-state index contributed by atoms with van der Waals surface area (Å²) in [5.74, 6) is 0. The van der Waals surface area contributed by atoms with E-state index in [1.54, 1.807) is 0 Å². The largest absolute Gasteiger partial charge is 0.388 e. The molecule has 1 saturated carbocycles. The first-order valence-electron chi connectivity index (χ1n) is 9.69. The number of hydrogen-bond acceptors (Lipinski definition) is 4. The van der Waals surface area contributed by atoms with E-state index in [4.69, 9.17) is 14.7 Å². The van der Waals surface area contributed by atoms with Crippen LogP contribution in [0, 0.1) is 0 Å². The molecule has 1 saturated heterocycles. The normalized spacial score (nSPS) is 38.1. The van der Waals surface area contributed by atoms with Crippen molar-refractivity contribution >= 4 is 11.9 Å². The molecule has 3 aliphatic heterocycles. The van der Waals surface area contributed by atoms with Crippen molar-refractivity contribution in [2.75, 3.05) is 13.2 Å². The summed E-state index contributed by atoms with van der Waals surface area (Å²) in [6.07, 6.45) is 13.7. The molecular weight excluding hydrogens is 302 g/mol. The van der Waals surface area contributed by atoms with Crippen LogP contribution >= 0.6 is 0 Å². The topological polar surface area (TPSA) is 43.2 Å². The maximum Gasteiger partial charge on any atom is 0.186 e. The smallest absolute Gasteiger partial charge is 0.186 e. The summed E-state index contributed by atoms with van der Waals surface area (Å²) >= 11 is 0. The Morgan fingerprint density at radius 3 is 2.88 bits per heavy atom. The Balaban J connectivity index is 1.56. The van der Waals surface area contributed by atoms with Gasteiger partial charge in [-0.3, -0.25) is 0 Å². The third-order valence-electron chi connectivity index (χ3n) is 6.37. The van der Waals surface area contributed by atoms with Crippen molar-refractivity contribution in [3.05, 3.63) is 11.8 Å². The van der Waals surface area contributed by atoms with Crippen molar-refractivity contribution in [1.82, 2.24) is 0 Å². The van der Waals surface area contributed by atoms with Crippen LogP contribution in [0.5, 0.6) is 0 Å². The molecule has 0 N–H and O–H groups in total. The van der Waals surface area contributed by atoms with Crippen LogP contribution in [0.2, 0.25) is 0 Å². The first-order chi connectivity index (χ1) is 11.7. The predicted molar refractivity (Wildman–Crippen MR) is 94.8 cm³/mol. The lowest BCUT2D eigenvalue weighted by molar-refractivity contribution is -0.916. The van der Waals surface area contributed by atoms with Crippen molar-refractivity contribution in [2.45, 2.75) is 83.0 Å². The molecule has 3 unspecified atom stereocenters. The molecule has 0 aromatic rings. The Labute approximate surface area is 145 Å². The van der Waals surface area contributed by atoms with Gasteiger partial charge < -0.3 is 9.57 Å². The zero-order valence-electron chi connectivity index (χ0n) is 15.0. The van der Waals surface area contributed by atoms with Gasteiger partial charge in [-0.1, -0.05) is 16.7 Å². The van der Waals surface area contributed by atoms with Crippen LogP contribution in [0.3, 0.4) is 0 Å². The third-order valence-corrected chi connectivity index (χ3v) is 6.37. The van der Waals surface area contributed by atoms with E-state index >= 15 is 0 Å². The van der Waals surface area contributed by atoms with Crippen LogP contribution in [0.4, 0.5) is 0 Å². The minimum absolute atomic E-state index is 0.0244. The fourth-order valence-corrected chi connectivity index (χ4v) is 5.02. The average molecular weight is 332 g/mol. The summed E-state index contributed by atoms with van der Waals surface area (Å²) in [6.45, 7) is 6.21. The number of oxime groups is 1. The molecule has 132 valence electrons. The van der Waals surface area contributed by atoms with Gasteiger partial charge in [-0.05, 0) is 39.5 Å². The average Bonchev–Trinajstić information content (AvgIpc) is 3.20. The van der Waals surface area contributed by atoms with Gasteiger partial charge in [-0.15, -0.1) is 0 Å². The van der Waals surface area contributed by atoms with E-state index in [1.807, 2.05) is 6.21 Å². The molecule has 4 rings (SSSR count). The summed E-state index contributed by atoms with van der Waals surface area (Å²) in [4.78, 5) is 6.01. The summed E-state index contributed by atoms with van der Waals surface area (Å²) in [5.41, 5.74) is 2.37. The summed E-state index contributed by atoms with van der Waals surface area (Å²) < 4.78 is 6.46. The molecule has 1 aliphatic carbocycles. The van der Waals surface area contributed by atoms with Gasteiger partial charge in [-0.2, -0.15) is 4.59 Å². The summed E-state index contributed by atoms with van der Waals surface area (Å²) in [5, 5.41) is 9.50. The molecule has 1 spiro atoms. The number of allylic oxidation sites excluding steroid dienone is 2. The Morgan fingerprint density at radius 1 is 1.29 bits per heavy atom. The van der Waals surface area contributed by atoms with Gasteiger partial charge in [0.1, 0.15) is 23.9 Å². The van der Waals surface area contributed by atoms with Crippen molar-refractivity contribution in [2.24, 2.45) is 10.3 Å². The van der Waals surface area contributed by atoms with E-state index in [1.165, 1.54) is 25.0 Å². The summed E-state index contributed by atoms with van der Waals surface area (Å²) in [7, 11) is 0. The van der Waals surface area contributed by atoms with Gasteiger partial charge in [0.25, 0.3) is 0 Å². The molecule has 24 heavy (non-hydrogen) atoms. The highest BCUT2D eigenvalue weighted by Crippen LogP contribution is 2.43. The SMILES string of the molecule is CC[N+]1(C2CCOC(C)C2)N=CC=C1C1=NOC2(CCCCC2)C1. The number of ether oxygens (including phenoxy) is 1. The van der Waals surface area contributed by atoms with Gasteiger partial charge >= 0.3 is 0 Å². The molecule has 5 heteroatoms. The molecule has 3 heterocycles. The van der Waals surface area contributed by atoms with Gasteiger partial charge in [0, 0.05) is 25.3 Å². The van der Waals surface area contributed by atoms with E-state index < -0.39 is 0 Å². The van der Waals surface area contributed by atoms with Crippen LogP contribution < -0.4 is 0 Å². The fourth-order valence-electron chi connectivity index (χ4n) is 5.02. The standard InChI is InChI=1S/C19H30N3O2/c1-3-22(16-8-12-23-15(2)13-16)18(7-11-20-22)17-14-19(24-21-17)9-5-4-6-10-19/h7,11,15-16H,3-6,8-10,12-14H2,1-2H3/q+1. The molecule has 0 amide bonds. The van der Waals surface area contributed by atoms with Crippen LogP contribution in [-0.2, 0) is 9.57 Å². The monoisotopic (exact) mass is 332 g/mol. The van der Waals surface area contributed by atoms with Crippen molar-refractivity contribution in [3.63, 3.8) is 0 Å². The second kappa shape index (κ2) is 6.26. The molecule has 0 bridgehead atoms. The molecule has 0 aromatic carbocycles. The maximum atomic E-state index is 6.01.